The Balaban J connectivity index is 1.75. The molecular formula is C16H24F3N3O2. The maximum Gasteiger partial charge on any atom is 0.405 e. The lowest BCUT2D eigenvalue weighted by Crippen LogP contribution is -2.50. The number of hydrogen-bond donors (Lipinski definition) is 2. The van der Waals surface area contributed by atoms with E-state index in [4.69, 9.17) is 0 Å². The van der Waals surface area contributed by atoms with Crippen molar-refractivity contribution in [2.45, 2.75) is 38.3 Å². The number of nitrogens with zero attached hydrogens (tertiary/aromatic N) is 1. The summed E-state index contributed by atoms with van der Waals surface area (Å²) < 4.78 is 36.5. The SMILES string of the molecule is O=C(NCC(F)(F)F)C1CCCN(C(=O)NCC2CC=CCC2)C1. The van der Waals surface area contributed by atoms with Gasteiger partial charge in [0.15, 0.2) is 0 Å². The summed E-state index contributed by atoms with van der Waals surface area (Å²) in [5, 5.41) is 4.78. The highest BCUT2D eigenvalue weighted by molar-refractivity contribution is 5.80. The van der Waals surface area contributed by atoms with Gasteiger partial charge in [-0.2, -0.15) is 13.2 Å². The van der Waals surface area contributed by atoms with E-state index in [2.05, 4.69) is 17.5 Å². The Morgan fingerprint density at radius 2 is 1.96 bits per heavy atom. The summed E-state index contributed by atoms with van der Waals surface area (Å²) in [6.45, 7) is -0.0477. The minimum absolute atomic E-state index is 0.167. The molecule has 0 aromatic carbocycles. The third-order valence-corrected chi connectivity index (χ3v) is 4.46. The summed E-state index contributed by atoms with van der Waals surface area (Å²) in [6.07, 6.45) is 3.95. The van der Waals surface area contributed by atoms with E-state index in [1.807, 2.05) is 5.32 Å². The Morgan fingerprint density at radius 3 is 2.62 bits per heavy atom. The van der Waals surface area contributed by atoms with E-state index in [1.54, 1.807) is 0 Å². The molecule has 0 aromatic rings. The van der Waals surface area contributed by atoms with Crippen LogP contribution in [0.2, 0.25) is 0 Å². The van der Waals surface area contributed by atoms with Crippen LogP contribution in [-0.4, -0.2) is 49.2 Å². The molecule has 0 aromatic heterocycles. The molecule has 0 bridgehead atoms. The predicted octanol–water partition coefficient (Wildman–Crippen LogP) is 2.44. The Hall–Kier alpha value is -1.73. The van der Waals surface area contributed by atoms with Crippen LogP contribution in [0.1, 0.15) is 32.1 Å². The highest BCUT2D eigenvalue weighted by atomic mass is 19.4. The molecule has 1 aliphatic carbocycles. The number of hydrogen-bond acceptors (Lipinski definition) is 2. The summed E-state index contributed by atoms with van der Waals surface area (Å²) in [5.41, 5.74) is 0. The number of alkyl halides is 3. The van der Waals surface area contributed by atoms with Gasteiger partial charge in [-0.3, -0.25) is 4.79 Å². The molecule has 1 fully saturated rings. The van der Waals surface area contributed by atoms with Crippen LogP contribution >= 0.6 is 0 Å². The first-order valence-corrected chi connectivity index (χ1v) is 8.37. The molecule has 2 aliphatic rings. The average Bonchev–Trinajstić information content (AvgIpc) is 2.58. The zero-order valence-electron chi connectivity index (χ0n) is 13.6. The van der Waals surface area contributed by atoms with E-state index in [1.165, 1.54) is 4.90 Å². The molecule has 24 heavy (non-hydrogen) atoms. The molecule has 2 unspecified atom stereocenters. The van der Waals surface area contributed by atoms with Gasteiger partial charge in [0.1, 0.15) is 6.54 Å². The van der Waals surface area contributed by atoms with Gasteiger partial charge in [-0.05, 0) is 38.0 Å². The minimum Gasteiger partial charge on any atom is -0.347 e. The van der Waals surface area contributed by atoms with Crippen molar-refractivity contribution >= 4 is 11.9 Å². The lowest BCUT2D eigenvalue weighted by molar-refractivity contribution is -0.141. The molecule has 2 atom stereocenters. The molecule has 0 spiro atoms. The van der Waals surface area contributed by atoms with E-state index < -0.39 is 24.5 Å². The zero-order valence-corrected chi connectivity index (χ0v) is 13.6. The fraction of sp³-hybridized carbons (Fsp3) is 0.750. The highest BCUT2D eigenvalue weighted by Gasteiger charge is 2.32. The Labute approximate surface area is 139 Å². The third kappa shape index (κ3) is 6.05. The Bertz CT molecular complexity index is 480. The number of likely N-dealkylation sites (tertiary alicyclic amines) is 1. The van der Waals surface area contributed by atoms with Crippen LogP contribution in [0.3, 0.4) is 0 Å². The predicted molar refractivity (Wildman–Crippen MR) is 83.2 cm³/mol. The maximum absolute atomic E-state index is 12.2. The molecule has 2 N–H and O–H groups in total. The van der Waals surface area contributed by atoms with E-state index in [9.17, 15) is 22.8 Å². The van der Waals surface area contributed by atoms with Crippen molar-refractivity contribution in [3.8, 4) is 0 Å². The normalized spacial score (nSPS) is 24.5. The van der Waals surface area contributed by atoms with Crippen molar-refractivity contribution in [3.05, 3.63) is 12.2 Å². The standard InChI is InChI=1S/C16H24F3N3O2/c17-16(18,19)11-21-14(23)13-7-4-8-22(10-13)15(24)20-9-12-5-2-1-3-6-12/h1-2,12-13H,3-11H2,(H,20,24)(H,21,23). The van der Waals surface area contributed by atoms with Crippen LogP contribution in [0.4, 0.5) is 18.0 Å². The quantitative estimate of drug-likeness (QED) is 0.768. The van der Waals surface area contributed by atoms with E-state index in [0.29, 0.717) is 31.8 Å². The van der Waals surface area contributed by atoms with Gasteiger partial charge in [0.2, 0.25) is 5.91 Å². The van der Waals surface area contributed by atoms with Gasteiger partial charge in [-0.1, -0.05) is 12.2 Å². The Kier molecular flexibility index (Phi) is 6.51. The number of piperidine rings is 1. The van der Waals surface area contributed by atoms with Crippen molar-refractivity contribution in [3.63, 3.8) is 0 Å². The van der Waals surface area contributed by atoms with Crippen molar-refractivity contribution in [1.82, 2.24) is 15.5 Å². The summed E-state index contributed by atoms with van der Waals surface area (Å²) in [6, 6.07) is -0.238. The van der Waals surface area contributed by atoms with Crippen LogP contribution in [0, 0.1) is 11.8 Å². The number of amides is 3. The van der Waals surface area contributed by atoms with Crippen molar-refractivity contribution in [2.75, 3.05) is 26.2 Å². The Morgan fingerprint density at radius 1 is 1.17 bits per heavy atom. The van der Waals surface area contributed by atoms with E-state index in [-0.39, 0.29) is 12.6 Å². The molecule has 1 aliphatic heterocycles. The second-order valence-electron chi connectivity index (χ2n) is 6.45. The van der Waals surface area contributed by atoms with Gasteiger partial charge in [-0.15, -0.1) is 0 Å². The first-order chi connectivity index (χ1) is 11.3. The van der Waals surface area contributed by atoms with Crippen molar-refractivity contribution < 1.29 is 22.8 Å². The summed E-state index contributed by atoms with van der Waals surface area (Å²) in [4.78, 5) is 25.6. The van der Waals surface area contributed by atoms with Crippen molar-refractivity contribution in [1.29, 1.82) is 0 Å². The lowest BCUT2D eigenvalue weighted by Gasteiger charge is -2.32. The molecule has 3 amide bonds. The zero-order chi connectivity index (χ0) is 17.6. The van der Waals surface area contributed by atoms with Gasteiger partial charge in [0, 0.05) is 19.6 Å². The van der Waals surface area contributed by atoms with Crippen LogP contribution in [0.25, 0.3) is 0 Å². The number of carbonyl (C=O) groups is 2. The fourth-order valence-corrected chi connectivity index (χ4v) is 3.09. The lowest BCUT2D eigenvalue weighted by atomic mass is 9.94. The van der Waals surface area contributed by atoms with E-state index in [0.717, 1.165) is 19.3 Å². The topological polar surface area (TPSA) is 61.4 Å². The summed E-state index contributed by atoms with van der Waals surface area (Å²) in [7, 11) is 0. The van der Waals surface area contributed by atoms with Gasteiger partial charge in [0.25, 0.3) is 0 Å². The molecule has 2 rings (SSSR count). The third-order valence-electron chi connectivity index (χ3n) is 4.46. The number of nitrogens with one attached hydrogen (secondary N) is 2. The molecular weight excluding hydrogens is 323 g/mol. The second kappa shape index (κ2) is 8.39. The number of allylic oxidation sites excluding steroid dienone is 2. The summed E-state index contributed by atoms with van der Waals surface area (Å²) >= 11 is 0. The minimum atomic E-state index is -4.42. The fourth-order valence-electron chi connectivity index (χ4n) is 3.09. The molecule has 0 saturated carbocycles. The number of carbonyl (C=O) groups excluding carboxylic acids is 2. The number of halogens is 3. The van der Waals surface area contributed by atoms with Gasteiger partial charge < -0.3 is 15.5 Å². The molecule has 5 nitrogen and oxygen atoms in total. The largest absolute Gasteiger partial charge is 0.405 e. The number of rotatable bonds is 4. The van der Waals surface area contributed by atoms with Crippen LogP contribution in [0.15, 0.2) is 12.2 Å². The van der Waals surface area contributed by atoms with Crippen LogP contribution < -0.4 is 10.6 Å². The maximum atomic E-state index is 12.2. The number of urea groups is 1. The van der Waals surface area contributed by atoms with Crippen LogP contribution in [-0.2, 0) is 4.79 Å². The second-order valence-corrected chi connectivity index (χ2v) is 6.45. The molecule has 136 valence electrons. The van der Waals surface area contributed by atoms with Gasteiger partial charge in [0.05, 0.1) is 5.92 Å². The smallest absolute Gasteiger partial charge is 0.347 e. The molecule has 0 radical (unpaired) electrons. The first kappa shape index (κ1) is 18.6. The van der Waals surface area contributed by atoms with Crippen LogP contribution in [0.5, 0.6) is 0 Å². The molecule has 1 saturated heterocycles. The van der Waals surface area contributed by atoms with Gasteiger partial charge in [-0.25, -0.2) is 4.79 Å². The molecule has 8 heteroatoms. The monoisotopic (exact) mass is 347 g/mol. The summed E-state index contributed by atoms with van der Waals surface area (Å²) in [5.74, 6) is -0.790. The highest BCUT2D eigenvalue weighted by Crippen LogP contribution is 2.19. The van der Waals surface area contributed by atoms with E-state index >= 15 is 0 Å². The average molecular weight is 347 g/mol. The van der Waals surface area contributed by atoms with Crippen molar-refractivity contribution in [2.24, 2.45) is 11.8 Å². The first-order valence-electron chi connectivity index (χ1n) is 8.37. The molecule has 1 heterocycles. The van der Waals surface area contributed by atoms with Gasteiger partial charge >= 0.3 is 12.2 Å².